The number of carbonyl (C=O) groups is 2. The number of amides is 2. The summed E-state index contributed by atoms with van der Waals surface area (Å²) in [6, 6.07) is 0.161. The molecular formula is C12H19N5O2. The van der Waals surface area contributed by atoms with Crippen LogP contribution in [0.4, 0.5) is 0 Å². The van der Waals surface area contributed by atoms with Gasteiger partial charge in [-0.2, -0.15) is 5.10 Å². The van der Waals surface area contributed by atoms with Crippen LogP contribution >= 0.6 is 0 Å². The molecule has 1 fully saturated rings. The zero-order valence-electron chi connectivity index (χ0n) is 11.2. The number of aromatic amines is 1. The van der Waals surface area contributed by atoms with Gasteiger partial charge >= 0.3 is 0 Å². The predicted octanol–water partition coefficient (Wildman–Crippen LogP) is 0.182. The fraction of sp³-hybridized carbons (Fsp3) is 0.667. The highest BCUT2D eigenvalue weighted by Crippen LogP contribution is 2.12. The summed E-state index contributed by atoms with van der Waals surface area (Å²) in [4.78, 5) is 29.2. The third-order valence-electron chi connectivity index (χ3n) is 3.27. The lowest BCUT2D eigenvalue weighted by molar-refractivity contribution is -0.124. The lowest BCUT2D eigenvalue weighted by Crippen LogP contribution is -2.47. The first-order chi connectivity index (χ1) is 9.08. The van der Waals surface area contributed by atoms with E-state index < -0.39 is 0 Å². The molecule has 1 aliphatic rings. The average Bonchev–Trinajstić information content (AvgIpc) is 2.92. The maximum absolute atomic E-state index is 12.0. The molecule has 0 saturated carbocycles. The van der Waals surface area contributed by atoms with Crippen LogP contribution in [0.2, 0.25) is 0 Å². The number of rotatable bonds is 3. The van der Waals surface area contributed by atoms with E-state index in [1.54, 1.807) is 4.90 Å². The van der Waals surface area contributed by atoms with E-state index in [0.717, 1.165) is 12.8 Å². The minimum Gasteiger partial charge on any atom is -0.353 e. The van der Waals surface area contributed by atoms with Crippen molar-refractivity contribution in [3.05, 3.63) is 12.2 Å². The van der Waals surface area contributed by atoms with Crippen LogP contribution < -0.4 is 5.32 Å². The Morgan fingerprint density at radius 2 is 2.11 bits per heavy atom. The zero-order valence-corrected chi connectivity index (χ0v) is 11.2. The van der Waals surface area contributed by atoms with E-state index in [-0.39, 0.29) is 29.6 Å². The predicted molar refractivity (Wildman–Crippen MR) is 68.3 cm³/mol. The highest BCUT2D eigenvalue weighted by molar-refractivity contribution is 5.90. The van der Waals surface area contributed by atoms with Gasteiger partial charge in [-0.1, -0.05) is 13.8 Å². The molecule has 7 heteroatoms. The summed E-state index contributed by atoms with van der Waals surface area (Å²) in [7, 11) is 0. The Morgan fingerprint density at radius 3 is 2.63 bits per heavy atom. The molecule has 0 bridgehead atoms. The van der Waals surface area contributed by atoms with Gasteiger partial charge in [0.1, 0.15) is 6.33 Å². The van der Waals surface area contributed by atoms with E-state index in [1.165, 1.54) is 6.33 Å². The van der Waals surface area contributed by atoms with Gasteiger partial charge in [0.05, 0.1) is 0 Å². The summed E-state index contributed by atoms with van der Waals surface area (Å²) >= 11 is 0. The average molecular weight is 265 g/mol. The molecule has 0 aromatic carbocycles. The maximum Gasteiger partial charge on any atom is 0.291 e. The maximum atomic E-state index is 12.0. The Morgan fingerprint density at radius 1 is 1.42 bits per heavy atom. The van der Waals surface area contributed by atoms with Crippen molar-refractivity contribution in [1.82, 2.24) is 25.4 Å². The molecule has 0 spiro atoms. The van der Waals surface area contributed by atoms with Crippen molar-refractivity contribution in [1.29, 1.82) is 0 Å². The number of likely N-dealkylation sites (tertiary alicyclic amines) is 1. The Bertz CT molecular complexity index is 435. The molecule has 1 aromatic heterocycles. The van der Waals surface area contributed by atoms with Crippen LogP contribution in [0, 0.1) is 5.92 Å². The molecular weight excluding hydrogens is 246 g/mol. The number of nitrogens with one attached hydrogen (secondary N) is 2. The zero-order chi connectivity index (χ0) is 13.8. The Labute approximate surface area is 111 Å². The summed E-state index contributed by atoms with van der Waals surface area (Å²) in [5.74, 6) is 0.199. The van der Waals surface area contributed by atoms with Crippen molar-refractivity contribution in [2.75, 3.05) is 13.1 Å². The molecule has 7 nitrogen and oxygen atoms in total. The third-order valence-corrected chi connectivity index (χ3v) is 3.27. The van der Waals surface area contributed by atoms with Crippen LogP contribution in [0.15, 0.2) is 6.33 Å². The van der Waals surface area contributed by atoms with Crippen molar-refractivity contribution >= 4 is 11.8 Å². The summed E-state index contributed by atoms with van der Waals surface area (Å²) < 4.78 is 0. The van der Waals surface area contributed by atoms with Gasteiger partial charge in [0, 0.05) is 25.0 Å². The largest absolute Gasteiger partial charge is 0.353 e. The molecule has 0 radical (unpaired) electrons. The van der Waals surface area contributed by atoms with Crippen molar-refractivity contribution in [2.45, 2.75) is 32.7 Å². The molecule has 19 heavy (non-hydrogen) atoms. The van der Waals surface area contributed by atoms with Crippen molar-refractivity contribution < 1.29 is 9.59 Å². The van der Waals surface area contributed by atoms with Crippen LogP contribution in [0.3, 0.4) is 0 Å². The molecule has 0 aliphatic carbocycles. The van der Waals surface area contributed by atoms with Gasteiger partial charge in [-0.05, 0) is 12.8 Å². The van der Waals surface area contributed by atoms with Crippen molar-refractivity contribution in [2.24, 2.45) is 5.92 Å². The van der Waals surface area contributed by atoms with Gasteiger partial charge in [-0.25, -0.2) is 4.98 Å². The summed E-state index contributed by atoms with van der Waals surface area (Å²) in [5.41, 5.74) is 0. The molecule has 104 valence electrons. The molecule has 1 saturated heterocycles. The first kappa shape index (κ1) is 13.5. The smallest absolute Gasteiger partial charge is 0.291 e. The molecule has 1 aromatic rings. The highest BCUT2D eigenvalue weighted by atomic mass is 16.2. The lowest BCUT2D eigenvalue weighted by Gasteiger charge is -2.32. The van der Waals surface area contributed by atoms with E-state index in [1.807, 2.05) is 13.8 Å². The normalized spacial score (nSPS) is 16.7. The Hall–Kier alpha value is -1.92. The summed E-state index contributed by atoms with van der Waals surface area (Å²) in [5, 5.41) is 9.24. The first-order valence-electron chi connectivity index (χ1n) is 6.53. The van der Waals surface area contributed by atoms with Crippen LogP contribution in [0.1, 0.15) is 37.3 Å². The second kappa shape index (κ2) is 5.81. The molecule has 2 N–H and O–H groups in total. The lowest BCUT2D eigenvalue weighted by atomic mass is 10.0. The van der Waals surface area contributed by atoms with Gasteiger partial charge in [0.2, 0.25) is 11.7 Å². The number of hydrogen-bond acceptors (Lipinski definition) is 4. The second-order valence-electron chi connectivity index (χ2n) is 5.06. The van der Waals surface area contributed by atoms with E-state index in [2.05, 4.69) is 20.5 Å². The molecule has 1 aliphatic heterocycles. The Balaban J connectivity index is 1.82. The van der Waals surface area contributed by atoms with E-state index in [4.69, 9.17) is 0 Å². The number of nitrogens with zero attached hydrogens (tertiary/aromatic N) is 3. The second-order valence-corrected chi connectivity index (χ2v) is 5.06. The molecule has 2 heterocycles. The fourth-order valence-corrected chi connectivity index (χ4v) is 2.05. The monoisotopic (exact) mass is 265 g/mol. The quantitative estimate of drug-likeness (QED) is 0.815. The topological polar surface area (TPSA) is 91.0 Å². The van der Waals surface area contributed by atoms with Gasteiger partial charge in [-0.3, -0.25) is 14.7 Å². The van der Waals surface area contributed by atoms with Gasteiger partial charge < -0.3 is 10.2 Å². The SMILES string of the molecule is CC(C)C(=O)NC1CCN(C(=O)c2ncn[nH]2)CC1. The number of aromatic nitrogens is 3. The number of H-pyrrole nitrogens is 1. The summed E-state index contributed by atoms with van der Waals surface area (Å²) in [6.45, 7) is 5.00. The summed E-state index contributed by atoms with van der Waals surface area (Å²) in [6.07, 6.45) is 2.87. The minimum atomic E-state index is -0.133. The molecule has 0 atom stereocenters. The van der Waals surface area contributed by atoms with Crippen LogP contribution in [-0.2, 0) is 4.79 Å². The van der Waals surface area contributed by atoms with Crippen LogP contribution in [0.5, 0.6) is 0 Å². The third kappa shape index (κ3) is 3.30. The van der Waals surface area contributed by atoms with E-state index in [0.29, 0.717) is 13.1 Å². The van der Waals surface area contributed by atoms with Crippen LogP contribution in [-0.4, -0.2) is 51.0 Å². The molecule has 2 rings (SSSR count). The highest BCUT2D eigenvalue weighted by Gasteiger charge is 2.26. The van der Waals surface area contributed by atoms with E-state index >= 15 is 0 Å². The van der Waals surface area contributed by atoms with Crippen molar-refractivity contribution in [3.63, 3.8) is 0 Å². The number of piperidine rings is 1. The minimum absolute atomic E-state index is 0.00569. The standard InChI is InChI=1S/C12H19N5O2/c1-8(2)11(18)15-9-3-5-17(6-4-9)12(19)10-13-7-14-16-10/h7-9H,3-6H2,1-2H3,(H,15,18)(H,13,14,16). The van der Waals surface area contributed by atoms with Gasteiger partial charge in [-0.15, -0.1) is 0 Å². The first-order valence-corrected chi connectivity index (χ1v) is 6.53. The van der Waals surface area contributed by atoms with Gasteiger partial charge in [0.25, 0.3) is 5.91 Å². The molecule has 0 unspecified atom stereocenters. The Kier molecular flexibility index (Phi) is 4.13. The van der Waals surface area contributed by atoms with Crippen LogP contribution in [0.25, 0.3) is 0 Å². The number of carbonyl (C=O) groups excluding carboxylic acids is 2. The van der Waals surface area contributed by atoms with Gasteiger partial charge in [0.15, 0.2) is 0 Å². The van der Waals surface area contributed by atoms with E-state index in [9.17, 15) is 9.59 Å². The fourth-order valence-electron chi connectivity index (χ4n) is 2.05. The van der Waals surface area contributed by atoms with Crippen molar-refractivity contribution in [3.8, 4) is 0 Å². The molecule has 2 amide bonds. The number of hydrogen-bond donors (Lipinski definition) is 2.